The number of hydrogen-bond acceptors (Lipinski definition) is 2. The van der Waals surface area contributed by atoms with E-state index in [1.54, 1.807) is 0 Å². The second-order valence-electron chi connectivity index (χ2n) is 10.6. The lowest BCUT2D eigenvalue weighted by Gasteiger charge is -2.40. The standard InChI is InChI=1S/C31H29NS/c1-30(2,3)32(25-17-11-19-27-29(25)21-13-7-9-18-26(21)33-27)24-16-10-15-23-28(24)20-12-6-8-14-22(20)31(23,4)5/h6-19H,1-5H3. The summed E-state index contributed by atoms with van der Waals surface area (Å²) in [6.07, 6.45) is 0. The Kier molecular flexibility index (Phi) is 4.32. The highest BCUT2D eigenvalue weighted by atomic mass is 32.1. The lowest BCUT2D eigenvalue weighted by Crippen LogP contribution is -2.38. The first-order valence-electron chi connectivity index (χ1n) is 11.7. The normalized spacial score (nSPS) is 14.5. The fourth-order valence-electron chi connectivity index (χ4n) is 5.72. The molecule has 1 aliphatic rings. The monoisotopic (exact) mass is 447 g/mol. The number of anilines is 2. The van der Waals surface area contributed by atoms with Crippen LogP contribution in [0.5, 0.6) is 0 Å². The maximum absolute atomic E-state index is 2.57. The van der Waals surface area contributed by atoms with Crippen LogP contribution in [0.1, 0.15) is 45.7 Å². The first kappa shape index (κ1) is 20.5. The molecule has 0 spiro atoms. The van der Waals surface area contributed by atoms with Gasteiger partial charge in [0.1, 0.15) is 0 Å². The molecule has 2 heteroatoms. The minimum atomic E-state index is -0.103. The summed E-state index contributed by atoms with van der Waals surface area (Å²) in [5.41, 5.74) is 8.04. The van der Waals surface area contributed by atoms with Gasteiger partial charge in [-0.25, -0.2) is 0 Å². The topological polar surface area (TPSA) is 3.24 Å². The summed E-state index contributed by atoms with van der Waals surface area (Å²) in [4.78, 5) is 2.57. The van der Waals surface area contributed by atoms with E-state index in [-0.39, 0.29) is 11.0 Å². The fourth-order valence-corrected chi connectivity index (χ4v) is 6.84. The molecule has 0 amide bonds. The molecular weight excluding hydrogens is 418 g/mol. The Hall–Kier alpha value is -3.10. The maximum Gasteiger partial charge on any atom is 0.0510 e. The summed E-state index contributed by atoms with van der Waals surface area (Å²) in [5.74, 6) is 0. The minimum absolute atomic E-state index is 0.00736. The van der Waals surface area contributed by atoms with Crippen molar-refractivity contribution >= 4 is 42.9 Å². The van der Waals surface area contributed by atoms with Crippen molar-refractivity contribution in [2.45, 2.75) is 45.6 Å². The van der Waals surface area contributed by atoms with Crippen molar-refractivity contribution in [1.29, 1.82) is 0 Å². The Morgan fingerprint density at radius 1 is 0.667 bits per heavy atom. The summed E-state index contributed by atoms with van der Waals surface area (Å²) >= 11 is 1.89. The molecular formula is C31H29NS. The first-order chi connectivity index (χ1) is 15.8. The highest BCUT2D eigenvalue weighted by molar-refractivity contribution is 7.26. The predicted octanol–water partition coefficient (Wildman–Crippen LogP) is 9.30. The zero-order chi connectivity index (χ0) is 23.0. The van der Waals surface area contributed by atoms with Gasteiger partial charge in [-0.15, -0.1) is 11.3 Å². The summed E-state index contributed by atoms with van der Waals surface area (Å²) in [6.45, 7) is 11.7. The van der Waals surface area contributed by atoms with Crippen LogP contribution in [-0.4, -0.2) is 5.54 Å². The molecule has 6 rings (SSSR count). The first-order valence-corrected chi connectivity index (χ1v) is 12.5. The molecule has 5 aromatic rings. The van der Waals surface area contributed by atoms with Gasteiger partial charge in [-0.05, 0) is 61.7 Å². The zero-order valence-electron chi connectivity index (χ0n) is 19.9. The van der Waals surface area contributed by atoms with E-state index in [2.05, 4.69) is 124 Å². The molecule has 164 valence electrons. The van der Waals surface area contributed by atoms with E-state index >= 15 is 0 Å². The summed E-state index contributed by atoms with van der Waals surface area (Å²) < 4.78 is 2.69. The van der Waals surface area contributed by atoms with Crippen molar-refractivity contribution in [3.05, 3.63) is 96.1 Å². The van der Waals surface area contributed by atoms with Gasteiger partial charge in [0, 0.05) is 42.4 Å². The number of benzene rings is 4. The average Bonchev–Trinajstić information content (AvgIpc) is 3.28. The third kappa shape index (κ3) is 2.90. The number of fused-ring (bicyclic) bond motifs is 6. The van der Waals surface area contributed by atoms with Gasteiger partial charge in [-0.3, -0.25) is 0 Å². The Bertz CT molecular complexity index is 1530. The van der Waals surface area contributed by atoms with Crippen molar-refractivity contribution in [2.24, 2.45) is 0 Å². The maximum atomic E-state index is 2.57. The van der Waals surface area contributed by atoms with Gasteiger partial charge in [0.25, 0.3) is 0 Å². The molecule has 1 nitrogen and oxygen atoms in total. The van der Waals surface area contributed by atoms with Gasteiger partial charge in [0.15, 0.2) is 0 Å². The van der Waals surface area contributed by atoms with E-state index in [9.17, 15) is 0 Å². The van der Waals surface area contributed by atoms with Crippen molar-refractivity contribution in [3.63, 3.8) is 0 Å². The van der Waals surface area contributed by atoms with E-state index in [1.807, 2.05) is 11.3 Å². The number of rotatable bonds is 2. The molecule has 0 bridgehead atoms. The second-order valence-corrected chi connectivity index (χ2v) is 11.7. The van der Waals surface area contributed by atoms with Crippen molar-refractivity contribution in [1.82, 2.24) is 0 Å². The van der Waals surface area contributed by atoms with Gasteiger partial charge < -0.3 is 4.90 Å². The number of nitrogens with zero attached hydrogens (tertiary/aromatic N) is 1. The van der Waals surface area contributed by atoms with Crippen LogP contribution in [0.3, 0.4) is 0 Å². The van der Waals surface area contributed by atoms with E-state index < -0.39 is 0 Å². The van der Waals surface area contributed by atoms with Crippen LogP contribution < -0.4 is 4.90 Å². The van der Waals surface area contributed by atoms with Crippen LogP contribution in [0.2, 0.25) is 0 Å². The second kappa shape index (κ2) is 6.95. The van der Waals surface area contributed by atoms with Gasteiger partial charge in [-0.2, -0.15) is 0 Å². The van der Waals surface area contributed by atoms with Gasteiger partial charge in [0.05, 0.1) is 5.69 Å². The average molecular weight is 448 g/mol. The highest BCUT2D eigenvalue weighted by Crippen LogP contribution is 2.54. The molecule has 0 saturated heterocycles. The molecule has 0 fully saturated rings. The molecule has 0 saturated carbocycles. The Balaban J connectivity index is 1.71. The molecule has 4 aromatic carbocycles. The van der Waals surface area contributed by atoms with Crippen LogP contribution in [0.4, 0.5) is 11.4 Å². The molecule has 0 unspecified atom stereocenters. The molecule has 1 aliphatic carbocycles. The van der Waals surface area contributed by atoms with E-state index in [0.717, 1.165) is 0 Å². The third-order valence-corrected chi connectivity index (χ3v) is 8.25. The highest BCUT2D eigenvalue weighted by Gasteiger charge is 2.39. The minimum Gasteiger partial charge on any atom is -0.335 e. The number of hydrogen-bond donors (Lipinski definition) is 0. The Labute approximate surface area is 200 Å². The smallest absolute Gasteiger partial charge is 0.0510 e. The van der Waals surface area contributed by atoms with E-state index in [0.29, 0.717) is 0 Å². The fraction of sp³-hybridized carbons (Fsp3) is 0.226. The van der Waals surface area contributed by atoms with Crippen molar-refractivity contribution in [3.8, 4) is 11.1 Å². The Morgan fingerprint density at radius 3 is 2.12 bits per heavy atom. The molecule has 0 N–H and O–H groups in total. The van der Waals surface area contributed by atoms with Crippen LogP contribution in [-0.2, 0) is 5.41 Å². The summed E-state index contributed by atoms with van der Waals surface area (Å²) in [6, 6.07) is 31.4. The van der Waals surface area contributed by atoms with E-state index in [1.165, 1.54) is 53.8 Å². The van der Waals surface area contributed by atoms with Crippen molar-refractivity contribution in [2.75, 3.05) is 4.90 Å². The van der Waals surface area contributed by atoms with E-state index in [4.69, 9.17) is 0 Å². The molecule has 1 aromatic heterocycles. The molecule has 0 aliphatic heterocycles. The van der Waals surface area contributed by atoms with Crippen molar-refractivity contribution < 1.29 is 0 Å². The summed E-state index contributed by atoms with van der Waals surface area (Å²) in [7, 11) is 0. The van der Waals surface area contributed by atoms with Crippen LogP contribution in [0.15, 0.2) is 84.9 Å². The molecule has 0 atom stereocenters. The van der Waals surface area contributed by atoms with Crippen LogP contribution >= 0.6 is 11.3 Å². The van der Waals surface area contributed by atoms with Crippen LogP contribution in [0.25, 0.3) is 31.3 Å². The lowest BCUT2D eigenvalue weighted by molar-refractivity contribution is 0.561. The quantitative estimate of drug-likeness (QED) is 0.260. The third-order valence-electron chi connectivity index (χ3n) is 7.12. The molecule has 1 heterocycles. The van der Waals surface area contributed by atoms with Gasteiger partial charge in [0.2, 0.25) is 0 Å². The summed E-state index contributed by atoms with van der Waals surface area (Å²) in [5, 5.41) is 2.70. The molecule has 0 radical (unpaired) electrons. The zero-order valence-corrected chi connectivity index (χ0v) is 20.8. The molecule has 33 heavy (non-hydrogen) atoms. The van der Waals surface area contributed by atoms with Gasteiger partial charge in [-0.1, -0.05) is 74.5 Å². The SMILES string of the molecule is CC1(C)c2ccccc2-c2c(N(c3cccc4sc5ccccc5c34)C(C)(C)C)cccc21. The largest absolute Gasteiger partial charge is 0.335 e. The number of thiophene rings is 1. The van der Waals surface area contributed by atoms with Gasteiger partial charge >= 0.3 is 0 Å². The predicted molar refractivity (Wildman–Crippen MR) is 145 cm³/mol. The lowest BCUT2D eigenvalue weighted by atomic mass is 9.82. The van der Waals surface area contributed by atoms with Crippen LogP contribution in [0, 0.1) is 0 Å². The Morgan fingerprint density at radius 2 is 1.30 bits per heavy atom.